The number of aromatic nitrogens is 2. The molecule has 0 spiro atoms. The summed E-state index contributed by atoms with van der Waals surface area (Å²) in [5.41, 5.74) is -0.668. The molecule has 0 aliphatic carbocycles. The predicted molar refractivity (Wildman–Crippen MR) is 66.7 cm³/mol. The molecule has 1 aromatic heterocycles. The van der Waals surface area contributed by atoms with E-state index < -0.39 is 10.5 Å². The number of rotatable bonds is 2. The first-order valence-electron chi connectivity index (χ1n) is 5.97. The maximum atomic E-state index is 11.0. The smallest absolute Gasteiger partial charge is 0.390 e. The van der Waals surface area contributed by atoms with Crippen molar-refractivity contribution in [1.29, 1.82) is 0 Å². The Morgan fingerprint density at radius 2 is 2.00 bits per heavy atom. The highest BCUT2D eigenvalue weighted by Gasteiger charge is 2.34. The number of hydrogen-bond donors (Lipinski definition) is 1. The molecule has 1 saturated heterocycles. The molecule has 1 aromatic rings. The Hall–Kier alpha value is -1.63. The van der Waals surface area contributed by atoms with Crippen LogP contribution in [-0.2, 0) is 7.05 Å². The van der Waals surface area contributed by atoms with Crippen molar-refractivity contribution in [2.45, 2.75) is 32.3 Å². The lowest BCUT2D eigenvalue weighted by Gasteiger charge is -2.36. The molecule has 0 atom stereocenters. The van der Waals surface area contributed by atoms with Crippen molar-refractivity contribution < 1.29 is 10.0 Å². The van der Waals surface area contributed by atoms with Gasteiger partial charge >= 0.3 is 5.82 Å². The SMILES string of the molecule is Cc1nc([N+](=O)[O-])c(N2CCC(C)(O)CC2)n1C. The van der Waals surface area contributed by atoms with Crippen molar-refractivity contribution in [3.63, 3.8) is 0 Å². The van der Waals surface area contributed by atoms with Crippen molar-refractivity contribution in [3.05, 3.63) is 15.9 Å². The van der Waals surface area contributed by atoms with Gasteiger partial charge in [-0.15, -0.1) is 0 Å². The van der Waals surface area contributed by atoms with Crippen LogP contribution < -0.4 is 4.90 Å². The van der Waals surface area contributed by atoms with Gasteiger partial charge in [0.05, 0.1) is 5.60 Å². The highest BCUT2D eigenvalue weighted by atomic mass is 16.6. The second-order valence-corrected chi connectivity index (χ2v) is 5.11. The monoisotopic (exact) mass is 254 g/mol. The zero-order valence-electron chi connectivity index (χ0n) is 10.9. The minimum atomic E-state index is -0.668. The summed E-state index contributed by atoms with van der Waals surface area (Å²) < 4.78 is 1.73. The zero-order valence-corrected chi connectivity index (χ0v) is 10.9. The van der Waals surface area contributed by atoms with Crippen molar-refractivity contribution >= 4 is 11.6 Å². The second-order valence-electron chi connectivity index (χ2n) is 5.11. The number of aliphatic hydroxyl groups is 1. The van der Waals surface area contributed by atoms with Crippen LogP contribution in [0.3, 0.4) is 0 Å². The minimum absolute atomic E-state index is 0.100. The lowest BCUT2D eigenvalue weighted by atomic mass is 9.94. The molecule has 0 radical (unpaired) electrons. The molecule has 100 valence electrons. The van der Waals surface area contributed by atoms with E-state index >= 15 is 0 Å². The van der Waals surface area contributed by atoms with E-state index in [4.69, 9.17) is 0 Å². The van der Waals surface area contributed by atoms with E-state index in [1.54, 1.807) is 25.5 Å². The third kappa shape index (κ3) is 2.17. The number of anilines is 1. The number of hydrogen-bond acceptors (Lipinski definition) is 5. The zero-order chi connectivity index (χ0) is 13.5. The molecule has 1 aliphatic heterocycles. The van der Waals surface area contributed by atoms with Crippen LogP contribution in [0.2, 0.25) is 0 Å². The molecule has 1 fully saturated rings. The number of imidazole rings is 1. The fraction of sp³-hybridized carbons (Fsp3) is 0.727. The molecule has 2 heterocycles. The van der Waals surface area contributed by atoms with Crippen LogP contribution in [0.4, 0.5) is 11.6 Å². The highest BCUT2D eigenvalue weighted by molar-refractivity contribution is 5.56. The molecule has 7 heteroatoms. The second kappa shape index (κ2) is 4.24. The van der Waals surface area contributed by atoms with Gasteiger partial charge in [0, 0.05) is 27.1 Å². The molecule has 0 unspecified atom stereocenters. The largest absolute Gasteiger partial charge is 0.406 e. The van der Waals surface area contributed by atoms with Crippen LogP contribution in [0.1, 0.15) is 25.6 Å². The van der Waals surface area contributed by atoms with Gasteiger partial charge in [-0.3, -0.25) is 4.57 Å². The van der Waals surface area contributed by atoms with Crippen LogP contribution in [0.25, 0.3) is 0 Å². The molecule has 18 heavy (non-hydrogen) atoms. The Kier molecular flexibility index (Phi) is 3.02. The van der Waals surface area contributed by atoms with Crippen molar-refractivity contribution in [3.8, 4) is 0 Å². The summed E-state index contributed by atoms with van der Waals surface area (Å²) in [4.78, 5) is 16.5. The van der Waals surface area contributed by atoms with Crippen molar-refractivity contribution in [2.75, 3.05) is 18.0 Å². The molecule has 1 N–H and O–H groups in total. The Morgan fingerprint density at radius 3 is 2.50 bits per heavy atom. The fourth-order valence-electron chi connectivity index (χ4n) is 2.26. The third-order valence-corrected chi connectivity index (χ3v) is 3.58. The summed E-state index contributed by atoms with van der Waals surface area (Å²) in [5.74, 6) is 1.05. The van der Waals surface area contributed by atoms with E-state index in [1.165, 1.54) is 0 Å². The van der Waals surface area contributed by atoms with Crippen LogP contribution in [-0.4, -0.2) is 38.3 Å². The fourth-order valence-corrected chi connectivity index (χ4v) is 2.26. The summed E-state index contributed by atoms with van der Waals surface area (Å²) in [6.07, 6.45) is 1.21. The Balaban J connectivity index is 2.31. The average Bonchev–Trinajstić information content (AvgIpc) is 2.57. The van der Waals surface area contributed by atoms with Crippen LogP contribution >= 0.6 is 0 Å². The van der Waals surface area contributed by atoms with Crippen LogP contribution in [0, 0.1) is 17.0 Å². The quantitative estimate of drug-likeness (QED) is 0.628. The molecule has 2 rings (SSSR count). The van der Waals surface area contributed by atoms with E-state index in [-0.39, 0.29) is 5.82 Å². The van der Waals surface area contributed by atoms with Gasteiger partial charge in [0.2, 0.25) is 11.6 Å². The van der Waals surface area contributed by atoms with E-state index in [9.17, 15) is 15.2 Å². The summed E-state index contributed by atoms with van der Waals surface area (Å²) >= 11 is 0. The maximum absolute atomic E-state index is 11.0. The predicted octanol–water partition coefficient (Wildman–Crippen LogP) is 0.988. The first-order valence-corrected chi connectivity index (χ1v) is 5.97. The minimum Gasteiger partial charge on any atom is -0.390 e. The van der Waals surface area contributed by atoms with Gasteiger partial charge in [-0.1, -0.05) is 0 Å². The van der Waals surface area contributed by atoms with Gasteiger partial charge in [-0.05, 0) is 29.7 Å². The molecule has 0 bridgehead atoms. The molecular formula is C11H18N4O3. The Labute approximate surface area is 105 Å². The Morgan fingerprint density at radius 1 is 1.44 bits per heavy atom. The maximum Gasteiger partial charge on any atom is 0.406 e. The summed E-state index contributed by atoms with van der Waals surface area (Å²) in [5, 5.41) is 20.9. The number of nitrogens with zero attached hydrogens (tertiary/aromatic N) is 4. The lowest BCUT2D eigenvalue weighted by Crippen LogP contribution is -2.43. The van der Waals surface area contributed by atoms with Gasteiger partial charge in [-0.25, -0.2) is 0 Å². The molecule has 0 amide bonds. The number of piperidine rings is 1. The summed E-state index contributed by atoms with van der Waals surface area (Å²) in [7, 11) is 1.78. The number of aryl methyl sites for hydroxylation is 1. The van der Waals surface area contributed by atoms with Crippen molar-refractivity contribution in [2.24, 2.45) is 7.05 Å². The topological polar surface area (TPSA) is 84.4 Å². The van der Waals surface area contributed by atoms with Crippen LogP contribution in [0.15, 0.2) is 0 Å². The van der Waals surface area contributed by atoms with Gasteiger partial charge in [0.25, 0.3) is 0 Å². The standard InChI is InChI=1S/C11H18N4O3/c1-8-12-9(15(17)18)10(13(8)3)14-6-4-11(2,16)5-7-14/h16H,4-7H2,1-3H3. The first kappa shape index (κ1) is 12.8. The highest BCUT2D eigenvalue weighted by Crippen LogP contribution is 2.32. The van der Waals surface area contributed by atoms with Crippen LogP contribution in [0.5, 0.6) is 0 Å². The van der Waals surface area contributed by atoms with E-state index in [1.807, 2.05) is 4.90 Å². The first-order chi connectivity index (χ1) is 8.32. The van der Waals surface area contributed by atoms with E-state index in [0.717, 1.165) is 0 Å². The summed E-state index contributed by atoms with van der Waals surface area (Å²) in [6, 6.07) is 0. The van der Waals surface area contributed by atoms with Gasteiger partial charge in [0.15, 0.2) is 0 Å². The van der Waals surface area contributed by atoms with E-state index in [0.29, 0.717) is 37.6 Å². The van der Waals surface area contributed by atoms with Gasteiger partial charge in [-0.2, -0.15) is 0 Å². The molecule has 7 nitrogen and oxygen atoms in total. The van der Waals surface area contributed by atoms with E-state index in [2.05, 4.69) is 4.98 Å². The molecule has 1 aliphatic rings. The normalized spacial score (nSPS) is 19.0. The van der Waals surface area contributed by atoms with Crippen molar-refractivity contribution in [1.82, 2.24) is 9.55 Å². The van der Waals surface area contributed by atoms with Gasteiger partial charge < -0.3 is 20.1 Å². The average molecular weight is 254 g/mol. The third-order valence-electron chi connectivity index (χ3n) is 3.58. The number of nitro groups is 1. The summed E-state index contributed by atoms with van der Waals surface area (Å²) in [6.45, 7) is 4.75. The Bertz CT molecular complexity index is 471. The molecule has 0 saturated carbocycles. The van der Waals surface area contributed by atoms with Gasteiger partial charge in [0.1, 0.15) is 0 Å². The molecular weight excluding hydrogens is 236 g/mol. The molecule has 0 aromatic carbocycles. The lowest BCUT2D eigenvalue weighted by molar-refractivity contribution is -0.388.